The lowest BCUT2D eigenvalue weighted by Crippen LogP contribution is -2.73. The Morgan fingerprint density at radius 2 is 1.23 bits per heavy atom. The predicted octanol–water partition coefficient (Wildman–Crippen LogP) is -2.37. The summed E-state index contributed by atoms with van der Waals surface area (Å²) in [6, 6.07) is -2.16. The number of amides is 2. The maximum Gasteiger partial charge on any atom is 0.246 e. The van der Waals surface area contributed by atoms with Crippen molar-refractivity contribution in [1.29, 1.82) is 0 Å². The normalized spacial score (nSPS) is 43.1. The van der Waals surface area contributed by atoms with Crippen molar-refractivity contribution in [3.05, 3.63) is 0 Å². The summed E-state index contributed by atoms with van der Waals surface area (Å²) in [6.45, 7) is 2.36. The van der Waals surface area contributed by atoms with Gasteiger partial charge in [0.15, 0.2) is 11.9 Å². The molecule has 0 spiro atoms. The Morgan fingerprint density at radius 1 is 0.721 bits per heavy atom. The van der Waals surface area contributed by atoms with Crippen LogP contribution in [-0.2, 0) is 9.59 Å². The Morgan fingerprint density at radius 3 is 1.81 bits per heavy atom. The van der Waals surface area contributed by atoms with Crippen LogP contribution in [0.15, 0.2) is 9.98 Å². The van der Waals surface area contributed by atoms with Gasteiger partial charge in [-0.2, -0.15) is 0 Å². The number of piperidine rings is 1. The molecule has 2 aliphatic heterocycles. The Hall–Kier alpha value is -1.82. The first kappa shape index (κ1) is 34.1. The zero-order valence-electron chi connectivity index (χ0n) is 24.6. The molecule has 2 saturated carbocycles. The van der Waals surface area contributed by atoms with E-state index in [4.69, 9.17) is 57.6 Å². The van der Waals surface area contributed by atoms with Crippen LogP contribution in [0, 0.1) is 11.3 Å². The van der Waals surface area contributed by atoms with E-state index in [9.17, 15) is 9.59 Å². The van der Waals surface area contributed by atoms with Crippen molar-refractivity contribution in [2.45, 2.75) is 124 Å². The van der Waals surface area contributed by atoms with Crippen LogP contribution >= 0.6 is 23.2 Å². The lowest BCUT2D eigenvalue weighted by molar-refractivity contribution is -0.123. The van der Waals surface area contributed by atoms with Gasteiger partial charge in [0.25, 0.3) is 0 Å². The summed E-state index contributed by atoms with van der Waals surface area (Å²) in [4.78, 5) is 34.5. The van der Waals surface area contributed by atoms with E-state index in [2.05, 4.69) is 43.5 Å². The highest BCUT2D eigenvalue weighted by atomic mass is 35.5. The summed E-state index contributed by atoms with van der Waals surface area (Å²) in [7, 11) is 0. The molecule has 15 nitrogen and oxygen atoms in total. The topological polar surface area (TPSA) is 275 Å². The molecule has 2 heterocycles. The van der Waals surface area contributed by atoms with E-state index in [-0.39, 0.29) is 41.4 Å². The van der Waals surface area contributed by atoms with Gasteiger partial charge in [0.05, 0.1) is 29.9 Å². The third-order valence-electron chi connectivity index (χ3n) is 9.58. The molecule has 2 saturated heterocycles. The van der Waals surface area contributed by atoms with Crippen LogP contribution in [0.4, 0.5) is 0 Å². The SMILES string of the molecule is CC1(C2CCC(N=C(N)NC(=O)C3NC(Cl)C(N)NC3N)CC2)CCC(N=C(N)NC(=O)C2NC(Cl)C(N)CC2N)CC1. The van der Waals surface area contributed by atoms with Gasteiger partial charge in [0.1, 0.15) is 17.6 Å². The Balaban J connectivity index is 1.20. The second-order valence-corrected chi connectivity index (χ2v) is 13.7. The van der Waals surface area contributed by atoms with Gasteiger partial charge in [-0.05, 0) is 69.1 Å². The molecule has 0 aromatic heterocycles. The Kier molecular flexibility index (Phi) is 11.5. The first-order chi connectivity index (χ1) is 20.3. The number of nitrogens with two attached hydrogens (primary N) is 6. The smallest absolute Gasteiger partial charge is 0.246 e. The molecule has 0 aromatic rings. The van der Waals surface area contributed by atoms with Crippen molar-refractivity contribution in [3.8, 4) is 0 Å². The minimum absolute atomic E-state index is 0.0430. The minimum atomic E-state index is -0.789. The minimum Gasteiger partial charge on any atom is -0.370 e. The van der Waals surface area contributed by atoms with Gasteiger partial charge >= 0.3 is 0 Å². The Labute approximate surface area is 262 Å². The summed E-state index contributed by atoms with van der Waals surface area (Å²) in [5.41, 5.74) is 35.0. The second kappa shape index (κ2) is 14.5. The number of carbonyl (C=O) groups is 2. The zero-order valence-corrected chi connectivity index (χ0v) is 26.2. The van der Waals surface area contributed by atoms with Gasteiger partial charge in [-0.1, -0.05) is 6.92 Å². The van der Waals surface area contributed by atoms with Crippen molar-refractivity contribution in [2.75, 3.05) is 0 Å². The number of halogens is 2. The molecular formula is C26H49Cl2N13O2. The number of nitrogens with zero attached hydrogens (tertiary/aromatic N) is 2. The number of rotatable bonds is 5. The molecule has 0 radical (unpaired) electrons. The summed E-state index contributed by atoms with van der Waals surface area (Å²) < 4.78 is 0. The van der Waals surface area contributed by atoms with Crippen molar-refractivity contribution < 1.29 is 9.59 Å². The molecule has 17 heteroatoms. The molecular weight excluding hydrogens is 597 g/mol. The van der Waals surface area contributed by atoms with Gasteiger partial charge in [-0.25, -0.2) is 9.98 Å². The van der Waals surface area contributed by atoms with Gasteiger partial charge < -0.3 is 34.4 Å². The van der Waals surface area contributed by atoms with Gasteiger partial charge in [0.2, 0.25) is 11.8 Å². The number of hydrogen-bond acceptors (Lipinski definition) is 11. The van der Waals surface area contributed by atoms with Crippen LogP contribution in [-0.4, -0.2) is 83.3 Å². The standard InChI is InChI=1S/C26H49Cl2N13O2/c1-26(8-6-13(7-9-26)36-25(34)40-22(42)16-14(29)10-15(30)18(27)37-16)11-2-4-12(5-3-11)35-24(33)41-23(43)17-20(31)39-21(32)19(28)38-17/h11-21,37-39H,2-10,29-32H2,1H3,(H3,33,35,41,43)(H3,34,36,40,42). The average Bonchev–Trinajstić information content (AvgIpc) is 2.94. The van der Waals surface area contributed by atoms with Crippen LogP contribution in [0.2, 0.25) is 0 Å². The predicted molar refractivity (Wildman–Crippen MR) is 168 cm³/mol. The van der Waals surface area contributed by atoms with E-state index in [0.717, 1.165) is 51.4 Å². The third kappa shape index (κ3) is 8.67. The molecule has 244 valence electrons. The van der Waals surface area contributed by atoms with E-state index in [1.54, 1.807) is 0 Å². The van der Waals surface area contributed by atoms with Crippen LogP contribution in [0.25, 0.3) is 0 Å². The summed E-state index contributed by atoms with van der Waals surface area (Å²) in [6.07, 6.45) is 6.84. The summed E-state index contributed by atoms with van der Waals surface area (Å²) in [5, 5.41) is 14.0. The molecule has 8 unspecified atom stereocenters. The fourth-order valence-corrected chi connectivity index (χ4v) is 7.29. The fraction of sp³-hybridized carbons (Fsp3) is 0.846. The van der Waals surface area contributed by atoms with E-state index in [1.807, 2.05) is 0 Å². The summed E-state index contributed by atoms with van der Waals surface area (Å²) in [5.74, 6) is -0.0370. The number of nitrogens with one attached hydrogen (secondary N) is 5. The van der Waals surface area contributed by atoms with Crippen LogP contribution in [0.1, 0.15) is 64.7 Å². The molecule has 0 bridgehead atoms. The number of alkyl halides is 2. The van der Waals surface area contributed by atoms with Crippen LogP contribution < -0.4 is 61.0 Å². The number of carbonyl (C=O) groups excluding carboxylic acids is 2. The molecule has 4 aliphatic rings. The number of aliphatic imine (C=N–C) groups is 2. The van der Waals surface area contributed by atoms with Gasteiger partial charge in [0, 0.05) is 12.1 Å². The highest BCUT2D eigenvalue weighted by molar-refractivity contribution is 6.21. The highest BCUT2D eigenvalue weighted by Gasteiger charge is 2.41. The first-order valence-corrected chi connectivity index (χ1v) is 16.0. The molecule has 17 N–H and O–H groups in total. The highest BCUT2D eigenvalue weighted by Crippen LogP contribution is 2.48. The third-order valence-corrected chi connectivity index (χ3v) is 10.4. The number of hydrogen-bond donors (Lipinski definition) is 11. The lowest BCUT2D eigenvalue weighted by atomic mass is 9.62. The van der Waals surface area contributed by atoms with Crippen molar-refractivity contribution >= 4 is 46.9 Å². The quantitative estimate of drug-likeness (QED) is 0.0650. The average molecular weight is 647 g/mol. The van der Waals surface area contributed by atoms with Gasteiger partial charge in [-0.15, -0.1) is 23.2 Å². The first-order valence-electron chi connectivity index (χ1n) is 15.1. The largest absolute Gasteiger partial charge is 0.370 e. The second-order valence-electron chi connectivity index (χ2n) is 12.8. The number of guanidine groups is 2. The van der Waals surface area contributed by atoms with Crippen molar-refractivity contribution in [1.82, 2.24) is 26.6 Å². The number of piperazine rings is 1. The molecule has 4 fully saturated rings. The maximum atomic E-state index is 12.7. The van der Waals surface area contributed by atoms with E-state index in [1.165, 1.54) is 0 Å². The van der Waals surface area contributed by atoms with E-state index >= 15 is 0 Å². The van der Waals surface area contributed by atoms with Crippen molar-refractivity contribution in [2.24, 2.45) is 55.7 Å². The van der Waals surface area contributed by atoms with E-state index < -0.39 is 47.4 Å². The molecule has 2 amide bonds. The monoisotopic (exact) mass is 645 g/mol. The molecule has 0 aromatic carbocycles. The lowest BCUT2D eigenvalue weighted by Gasteiger charge is -2.45. The van der Waals surface area contributed by atoms with Crippen LogP contribution in [0.5, 0.6) is 0 Å². The van der Waals surface area contributed by atoms with Crippen molar-refractivity contribution in [3.63, 3.8) is 0 Å². The molecule has 8 atom stereocenters. The maximum absolute atomic E-state index is 12.7. The summed E-state index contributed by atoms with van der Waals surface area (Å²) >= 11 is 12.3. The van der Waals surface area contributed by atoms with Crippen LogP contribution in [0.3, 0.4) is 0 Å². The van der Waals surface area contributed by atoms with Gasteiger partial charge in [-0.3, -0.25) is 36.2 Å². The Bertz CT molecular complexity index is 1050. The molecule has 4 rings (SSSR count). The zero-order chi connectivity index (χ0) is 31.5. The molecule has 2 aliphatic carbocycles. The molecule has 43 heavy (non-hydrogen) atoms. The fourth-order valence-electron chi connectivity index (χ4n) is 6.85. The van der Waals surface area contributed by atoms with E-state index in [0.29, 0.717) is 12.3 Å².